The SMILES string of the molecule is O=C(/C(=C/c1cccnc1)c1nc2ccccc2o1)c1ccccc1. The number of nitrogens with zero attached hydrogens (tertiary/aromatic N) is 2. The quantitative estimate of drug-likeness (QED) is 0.405. The number of ketones is 1. The van der Waals surface area contributed by atoms with E-state index in [4.69, 9.17) is 4.42 Å². The minimum atomic E-state index is -0.143. The van der Waals surface area contributed by atoms with Crippen molar-refractivity contribution < 1.29 is 9.21 Å². The molecule has 0 radical (unpaired) electrons. The molecule has 0 spiro atoms. The highest BCUT2D eigenvalue weighted by Gasteiger charge is 2.20. The molecule has 0 aliphatic rings. The molecule has 0 bridgehead atoms. The number of hydrogen-bond donors (Lipinski definition) is 0. The Balaban J connectivity index is 1.86. The zero-order valence-corrected chi connectivity index (χ0v) is 13.3. The van der Waals surface area contributed by atoms with E-state index in [9.17, 15) is 4.79 Å². The van der Waals surface area contributed by atoms with E-state index in [2.05, 4.69) is 9.97 Å². The van der Waals surface area contributed by atoms with Crippen LogP contribution in [0.4, 0.5) is 0 Å². The molecule has 4 aromatic rings. The molecular formula is C21H14N2O2. The molecule has 0 atom stereocenters. The summed E-state index contributed by atoms with van der Waals surface area (Å²) in [4.78, 5) is 21.6. The van der Waals surface area contributed by atoms with Gasteiger partial charge in [0.1, 0.15) is 5.52 Å². The van der Waals surface area contributed by atoms with Crippen LogP contribution in [0.2, 0.25) is 0 Å². The summed E-state index contributed by atoms with van der Waals surface area (Å²) in [5.74, 6) is 0.162. The van der Waals surface area contributed by atoms with Gasteiger partial charge in [-0.05, 0) is 29.8 Å². The molecule has 2 aromatic heterocycles. The summed E-state index contributed by atoms with van der Waals surface area (Å²) in [5.41, 5.74) is 3.16. The van der Waals surface area contributed by atoms with E-state index in [1.165, 1.54) is 0 Å². The Morgan fingerprint density at radius 3 is 2.48 bits per heavy atom. The zero-order valence-electron chi connectivity index (χ0n) is 13.3. The summed E-state index contributed by atoms with van der Waals surface area (Å²) in [5, 5.41) is 0. The van der Waals surface area contributed by atoms with Crippen LogP contribution in [0.1, 0.15) is 21.8 Å². The Kier molecular flexibility index (Phi) is 3.92. The number of pyridine rings is 1. The molecule has 4 rings (SSSR count). The van der Waals surface area contributed by atoms with E-state index in [1.807, 2.05) is 54.6 Å². The number of hydrogen-bond acceptors (Lipinski definition) is 4. The van der Waals surface area contributed by atoms with Gasteiger partial charge < -0.3 is 4.42 Å². The van der Waals surface area contributed by atoms with Crippen LogP contribution >= 0.6 is 0 Å². The molecule has 4 heteroatoms. The van der Waals surface area contributed by atoms with Crippen LogP contribution in [0.5, 0.6) is 0 Å². The van der Waals surface area contributed by atoms with Gasteiger partial charge in [0, 0.05) is 18.0 Å². The van der Waals surface area contributed by atoms with Crippen LogP contribution in [0, 0.1) is 0 Å². The first-order valence-electron chi connectivity index (χ1n) is 7.89. The number of aromatic nitrogens is 2. The first-order valence-corrected chi connectivity index (χ1v) is 7.89. The van der Waals surface area contributed by atoms with E-state index in [0.29, 0.717) is 22.6 Å². The standard InChI is InChI=1S/C21H14N2O2/c24-20(16-8-2-1-3-9-16)17(13-15-7-6-12-22-14-15)21-23-18-10-4-5-11-19(18)25-21/h1-14H/b17-13-. The topological polar surface area (TPSA) is 56.0 Å². The summed E-state index contributed by atoms with van der Waals surface area (Å²) >= 11 is 0. The fourth-order valence-corrected chi connectivity index (χ4v) is 2.58. The van der Waals surface area contributed by atoms with E-state index >= 15 is 0 Å². The van der Waals surface area contributed by atoms with E-state index < -0.39 is 0 Å². The Morgan fingerprint density at radius 2 is 1.72 bits per heavy atom. The first-order chi connectivity index (χ1) is 12.3. The van der Waals surface area contributed by atoms with Crippen molar-refractivity contribution in [3.05, 3.63) is 96.1 Å². The van der Waals surface area contributed by atoms with Crippen LogP contribution in [0.15, 0.2) is 83.5 Å². The van der Waals surface area contributed by atoms with Gasteiger partial charge in [0.05, 0.1) is 5.57 Å². The van der Waals surface area contributed by atoms with Crippen LogP contribution in [-0.4, -0.2) is 15.8 Å². The van der Waals surface area contributed by atoms with Crippen molar-refractivity contribution in [2.24, 2.45) is 0 Å². The van der Waals surface area contributed by atoms with Crippen molar-refractivity contribution in [3.8, 4) is 0 Å². The number of carbonyl (C=O) groups is 1. The average Bonchev–Trinajstić information content (AvgIpc) is 3.11. The number of fused-ring (bicyclic) bond motifs is 1. The maximum Gasteiger partial charge on any atom is 0.231 e. The second kappa shape index (κ2) is 6.53. The Hall–Kier alpha value is -3.53. The third kappa shape index (κ3) is 3.10. The molecular weight excluding hydrogens is 312 g/mol. The molecule has 120 valence electrons. The lowest BCUT2D eigenvalue weighted by Gasteiger charge is -2.03. The minimum Gasteiger partial charge on any atom is -0.436 e. The summed E-state index contributed by atoms with van der Waals surface area (Å²) < 4.78 is 5.82. The number of Topliss-reactive ketones (excluding diaryl/α,β-unsaturated/α-hetero) is 1. The Bertz CT molecular complexity index is 1020. The molecule has 0 amide bonds. The van der Waals surface area contributed by atoms with Gasteiger partial charge >= 0.3 is 0 Å². The van der Waals surface area contributed by atoms with Crippen molar-refractivity contribution in [1.82, 2.24) is 9.97 Å². The molecule has 4 nitrogen and oxygen atoms in total. The van der Waals surface area contributed by atoms with Gasteiger partial charge in [-0.1, -0.05) is 48.5 Å². The fraction of sp³-hybridized carbons (Fsp3) is 0. The van der Waals surface area contributed by atoms with Crippen molar-refractivity contribution in [2.45, 2.75) is 0 Å². The average molecular weight is 326 g/mol. The molecule has 2 aromatic carbocycles. The van der Waals surface area contributed by atoms with Crippen LogP contribution in [0.25, 0.3) is 22.7 Å². The number of carbonyl (C=O) groups excluding carboxylic acids is 1. The van der Waals surface area contributed by atoms with Crippen LogP contribution in [0.3, 0.4) is 0 Å². The second-order valence-corrected chi connectivity index (χ2v) is 5.53. The lowest BCUT2D eigenvalue weighted by Crippen LogP contribution is -2.03. The lowest BCUT2D eigenvalue weighted by molar-refractivity contribution is 0.105. The number of para-hydroxylation sites is 2. The number of rotatable bonds is 4. The van der Waals surface area contributed by atoms with Gasteiger partial charge in [0.15, 0.2) is 11.4 Å². The van der Waals surface area contributed by atoms with Gasteiger partial charge in [-0.2, -0.15) is 0 Å². The summed E-state index contributed by atoms with van der Waals surface area (Å²) in [7, 11) is 0. The molecule has 25 heavy (non-hydrogen) atoms. The maximum absolute atomic E-state index is 13.0. The molecule has 0 fully saturated rings. The number of benzene rings is 2. The molecule has 0 aliphatic carbocycles. The third-order valence-corrected chi connectivity index (χ3v) is 3.80. The Morgan fingerprint density at radius 1 is 0.920 bits per heavy atom. The monoisotopic (exact) mass is 326 g/mol. The highest BCUT2D eigenvalue weighted by atomic mass is 16.3. The van der Waals surface area contributed by atoms with Gasteiger partial charge in [-0.25, -0.2) is 4.98 Å². The number of allylic oxidation sites excluding steroid dienone is 1. The molecule has 2 heterocycles. The van der Waals surface area contributed by atoms with Crippen molar-refractivity contribution in [1.29, 1.82) is 0 Å². The summed E-state index contributed by atoms with van der Waals surface area (Å²) in [6.07, 6.45) is 5.14. The highest BCUT2D eigenvalue weighted by molar-refractivity contribution is 6.31. The molecule has 0 saturated carbocycles. The third-order valence-electron chi connectivity index (χ3n) is 3.80. The molecule has 0 saturated heterocycles. The Labute approximate surface area is 144 Å². The van der Waals surface area contributed by atoms with Crippen molar-refractivity contribution >= 4 is 28.5 Å². The maximum atomic E-state index is 13.0. The van der Waals surface area contributed by atoms with Crippen LogP contribution < -0.4 is 0 Å². The van der Waals surface area contributed by atoms with Gasteiger partial charge in [-0.15, -0.1) is 0 Å². The van der Waals surface area contributed by atoms with Gasteiger partial charge in [-0.3, -0.25) is 9.78 Å². The minimum absolute atomic E-state index is 0.143. The summed E-state index contributed by atoms with van der Waals surface area (Å²) in [6, 6.07) is 20.3. The van der Waals surface area contributed by atoms with E-state index in [1.54, 1.807) is 30.6 Å². The van der Waals surface area contributed by atoms with E-state index in [-0.39, 0.29) is 5.78 Å². The highest BCUT2D eigenvalue weighted by Crippen LogP contribution is 2.25. The van der Waals surface area contributed by atoms with Crippen LogP contribution in [-0.2, 0) is 0 Å². The predicted octanol–water partition coefficient (Wildman–Crippen LogP) is 4.65. The fourth-order valence-electron chi connectivity index (χ4n) is 2.58. The smallest absolute Gasteiger partial charge is 0.231 e. The predicted molar refractivity (Wildman–Crippen MR) is 96.9 cm³/mol. The van der Waals surface area contributed by atoms with Gasteiger partial charge in [0.2, 0.25) is 5.89 Å². The largest absolute Gasteiger partial charge is 0.436 e. The normalized spacial score (nSPS) is 11.6. The number of oxazole rings is 1. The molecule has 0 unspecified atom stereocenters. The lowest BCUT2D eigenvalue weighted by atomic mass is 10.0. The molecule has 0 aliphatic heterocycles. The second-order valence-electron chi connectivity index (χ2n) is 5.53. The summed E-state index contributed by atoms with van der Waals surface area (Å²) in [6.45, 7) is 0. The van der Waals surface area contributed by atoms with E-state index in [0.717, 1.165) is 11.1 Å². The zero-order chi connectivity index (χ0) is 17.1. The first kappa shape index (κ1) is 15.0. The van der Waals surface area contributed by atoms with Crippen molar-refractivity contribution in [2.75, 3.05) is 0 Å². The molecule has 0 N–H and O–H groups in total. The van der Waals surface area contributed by atoms with Gasteiger partial charge in [0.25, 0.3) is 0 Å². The van der Waals surface area contributed by atoms with Crippen molar-refractivity contribution in [3.63, 3.8) is 0 Å².